The second kappa shape index (κ2) is 6.69. The highest BCUT2D eigenvalue weighted by molar-refractivity contribution is 5.73. The fourth-order valence-corrected chi connectivity index (χ4v) is 9.48. The third-order valence-electron chi connectivity index (χ3n) is 11.2. The maximum Gasteiger partial charge on any atom is 0.306 e. The van der Waals surface area contributed by atoms with Crippen LogP contribution < -0.4 is 0 Å². The Morgan fingerprint density at radius 1 is 0.931 bits per heavy atom. The van der Waals surface area contributed by atoms with Crippen LogP contribution in [0.1, 0.15) is 78.6 Å². The smallest absolute Gasteiger partial charge is 0.306 e. The predicted molar refractivity (Wildman–Crippen MR) is 111 cm³/mol. The van der Waals surface area contributed by atoms with Crippen molar-refractivity contribution in [2.75, 3.05) is 0 Å². The minimum atomic E-state index is -0.605. The highest BCUT2D eigenvalue weighted by atomic mass is 16.4. The first-order valence-corrected chi connectivity index (χ1v) is 12.3. The second-order valence-electron chi connectivity index (χ2n) is 12.2. The average molecular weight is 405 g/mol. The van der Waals surface area contributed by atoms with E-state index in [4.69, 9.17) is 0 Å². The summed E-state index contributed by atoms with van der Waals surface area (Å²) in [6.07, 6.45) is 9.08. The number of aliphatic hydroxyl groups is 2. The summed E-state index contributed by atoms with van der Waals surface area (Å²) in [5, 5.41) is 30.9. The monoisotopic (exact) mass is 404 g/mol. The molecule has 5 saturated carbocycles. The molecule has 5 fully saturated rings. The van der Waals surface area contributed by atoms with Gasteiger partial charge in [0.2, 0.25) is 0 Å². The average Bonchev–Trinajstić information content (AvgIpc) is 3.39. The summed E-state index contributed by atoms with van der Waals surface area (Å²) in [5.41, 5.74) is 0.531. The molecule has 5 aliphatic rings. The fraction of sp³-hybridized carbons (Fsp3) is 0.960. The van der Waals surface area contributed by atoms with Gasteiger partial charge < -0.3 is 15.3 Å². The first-order chi connectivity index (χ1) is 13.7. The molecule has 0 aromatic rings. The Bertz CT molecular complexity index is 678. The zero-order chi connectivity index (χ0) is 20.7. The third-order valence-corrected chi connectivity index (χ3v) is 11.2. The summed E-state index contributed by atoms with van der Waals surface area (Å²) >= 11 is 0. The quantitative estimate of drug-likeness (QED) is 0.654. The molecule has 0 aromatic heterocycles. The Labute approximate surface area is 175 Å². The van der Waals surface area contributed by atoms with Crippen LogP contribution in [0.15, 0.2) is 0 Å². The van der Waals surface area contributed by atoms with Crippen LogP contribution in [0.2, 0.25) is 0 Å². The van der Waals surface area contributed by atoms with Gasteiger partial charge in [0.25, 0.3) is 0 Å². The van der Waals surface area contributed by atoms with Crippen molar-refractivity contribution in [3.05, 3.63) is 0 Å². The number of rotatable bonds is 3. The van der Waals surface area contributed by atoms with Crippen LogP contribution in [-0.2, 0) is 4.79 Å². The largest absolute Gasteiger partial charge is 0.481 e. The molecule has 3 N–H and O–H groups in total. The summed E-state index contributed by atoms with van der Waals surface area (Å²) < 4.78 is 0. The molecule has 0 aromatic carbocycles. The Balaban J connectivity index is 1.39. The third kappa shape index (κ3) is 2.87. The second-order valence-corrected chi connectivity index (χ2v) is 12.2. The van der Waals surface area contributed by atoms with Crippen molar-refractivity contribution < 1.29 is 20.1 Å². The number of hydrogen-bond donors (Lipinski definition) is 3. The van der Waals surface area contributed by atoms with Gasteiger partial charge in [-0.25, -0.2) is 0 Å². The van der Waals surface area contributed by atoms with E-state index in [0.29, 0.717) is 41.4 Å². The number of fused-ring (bicyclic) bond motifs is 5. The van der Waals surface area contributed by atoms with Crippen molar-refractivity contribution in [2.24, 2.45) is 58.2 Å². The lowest BCUT2D eigenvalue weighted by molar-refractivity contribution is -0.174. The highest BCUT2D eigenvalue weighted by Crippen LogP contribution is 2.69. The standard InChI is InChI=1S/C25H40O4/c1-13(16-12-17(16)23(28)29)18-4-5-19-22-20(7-9-25(18,19)3)24(2)8-6-15(26)10-14(24)11-21(22)27/h13-22,26-27H,4-12H2,1-3H3,(H,28,29)/t13-,14+,15-,16+,17+,18?,19?,20?,21?,22?,24+,25-/m1/s1. The Hall–Kier alpha value is -0.610. The Morgan fingerprint density at radius 2 is 1.62 bits per heavy atom. The van der Waals surface area contributed by atoms with Crippen molar-refractivity contribution in [2.45, 2.75) is 90.8 Å². The van der Waals surface area contributed by atoms with Gasteiger partial charge in [0.15, 0.2) is 0 Å². The first-order valence-electron chi connectivity index (χ1n) is 12.3. The van der Waals surface area contributed by atoms with Crippen molar-refractivity contribution in [1.82, 2.24) is 0 Å². The maximum absolute atomic E-state index is 11.4. The molecule has 0 aliphatic heterocycles. The number of carboxylic acid groups (broad SMARTS) is 1. The van der Waals surface area contributed by atoms with Gasteiger partial charge >= 0.3 is 5.97 Å². The van der Waals surface area contributed by atoms with Crippen LogP contribution in [-0.4, -0.2) is 33.5 Å². The SMILES string of the molecule is C[C@@H](C1CCC2C3C(O)C[C@@H]4C[C@H](O)CC[C@]4(C)C3CC[C@@]21C)[C@@H]1C[C@@H]1C(=O)O. The van der Waals surface area contributed by atoms with Crippen LogP contribution in [0.4, 0.5) is 0 Å². The predicted octanol–water partition coefficient (Wildman–Crippen LogP) is 4.33. The maximum atomic E-state index is 11.4. The molecule has 5 unspecified atom stereocenters. The number of carbonyl (C=O) groups is 1. The number of aliphatic carboxylic acids is 1. The van der Waals surface area contributed by atoms with Crippen LogP contribution in [0, 0.1) is 58.2 Å². The summed E-state index contributed by atoms with van der Waals surface area (Å²) in [6, 6.07) is 0. The van der Waals surface area contributed by atoms with E-state index in [1.165, 1.54) is 25.7 Å². The normalized spacial score (nSPS) is 57.3. The van der Waals surface area contributed by atoms with Gasteiger partial charge in [0.1, 0.15) is 0 Å². The van der Waals surface area contributed by atoms with Gasteiger partial charge in [-0.3, -0.25) is 4.79 Å². The molecule has 5 rings (SSSR count). The van der Waals surface area contributed by atoms with Crippen molar-refractivity contribution in [1.29, 1.82) is 0 Å². The van der Waals surface area contributed by atoms with Crippen molar-refractivity contribution in [3.63, 3.8) is 0 Å². The molecular weight excluding hydrogens is 364 g/mol. The van der Waals surface area contributed by atoms with Gasteiger partial charge in [-0.15, -0.1) is 0 Å². The van der Waals surface area contributed by atoms with E-state index in [-0.39, 0.29) is 29.0 Å². The van der Waals surface area contributed by atoms with Crippen LogP contribution in [0.25, 0.3) is 0 Å². The molecule has 0 bridgehead atoms. The lowest BCUT2D eigenvalue weighted by atomic mass is 9.43. The number of carboxylic acids is 1. The molecule has 0 amide bonds. The molecule has 0 radical (unpaired) electrons. The molecule has 4 heteroatoms. The molecule has 12 atom stereocenters. The molecular formula is C25H40O4. The fourth-order valence-electron chi connectivity index (χ4n) is 9.48. The molecule has 5 aliphatic carbocycles. The van der Waals surface area contributed by atoms with E-state index in [9.17, 15) is 20.1 Å². The minimum Gasteiger partial charge on any atom is -0.481 e. The summed E-state index contributed by atoms with van der Waals surface area (Å²) in [6.45, 7) is 7.26. The van der Waals surface area contributed by atoms with Gasteiger partial charge in [-0.05, 0) is 110 Å². The Kier molecular flexibility index (Phi) is 4.68. The minimum absolute atomic E-state index is 0.113. The lowest BCUT2D eigenvalue weighted by Gasteiger charge is -2.62. The molecule has 164 valence electrons. The van der Waals surface area contributed by atoms with E-state index < -0.39 is 5.97 Å². The topological polar surface area (TPSA) is 77.8 Å². The lowest BCUT2D eigenvalue weighted by Crippen LogP contribution is -2.58. The van der Waals surface area contributed by atoms with Crippen LogP contribution in [0.5, 0.6) is 0 Å². The zero-order valence-electron chi connectivity index (χ0n) is 18.4. The number of aliphatic hydroxyl groups excluding tert-OH is 2. The molecule has 4 nitrogen and oxygen atoms in total. The summed E-state index contributed by atoms with van der Waals surface area (Å²) in [5.74, 6) is 2.76. The van der Waals surface area contributed by atoms with E-state index in [1.807, 2.05) is 0 Å². The summed E-state index contributed by atoms with van der Waals surface area (Å²) in [7, 11) is 0. The zero-order valence-corrected chi connectivity index (χ0v) is 18.4. The molecule has 0 spiro atoms. The van der Waals surface area contributed by atoms with E-state index >= 15 is 0 Å². The number of hydrogen-bond acceptors (Lipinski definition) is 3. The van der Waals surface area contributed by atoms with E-state index in [0.717, 1.165) is 32.1 Å². The molecule has 0 heterocycles. The van der Waals surface area contributed by atoms with Crippen molar-refractivity contribution in [3.8, 4) is 0 Å². The van der Waals surface area contributed by atoms with E-state index in [1.54, 1.807) is 0 Å². The van der Waals surface area contributed by atoms with Crippen LogP contribution in [0.3, 0.4) is 0 Å². The molecule has 29 heavy (non-hydrogen) atoms. The van der Waals surface area contributed by atoms with Gasteiger partial charge in [0, 0.05) is 0 Å². The van der Waals surface area contributed by atoms with Crippen LogP contribution >= 0.6 is 0 Å². The highest BCUT2D eigenvalue weighted by Gasteiger charge is 2.64. The summed E-state index contributed by atoms with van der Waals surface area (Å²) in [4.78, 5) is 11.4. The first kappa shape index (κ1) is 20.3. The van der Waals surface area contributed by atoms with E-state index in [2.05, 4.69) is 20.8 Å². The molecule has 0 saturated heterocycles. The van der Waals surface area contributed by atoms with Gasteiger partial charge in [0.05, 0.1) is 18.1 Å². The van der Waals surface area contributed by atoms with Gasteiger partial charge in [-0.1, -0.05) is 20.8 Å². The Morgan fingerprint density at radius 3 is 2.31 bits per heavy atom. The van der Waals surface area contributed by atoms with Gasteiger partial charge in [-0.2, -0.15) is 0 Å². The van der Waals surface area contributed by atoms with Crippen molar-refractivity contribution >= 4 is 5.97 Å².